The molecule has 0 radical (unpaired) electrons. The molecule has 1 aliphatic rings. The summed E-state index contributed by atoms with van der Waals surface area (Å²) in [7, 11) is 0. The normalized spacial score (nSPS) is 17.5. The second-order valence-electron chi connectivity index (χ2n) is 4.65. The van der Waals surface area contributed by atoms with E-state index in [4.69, 9.17) is 4.84 Å². The molecule has 0 aliphatic heterocycles. The first-order chi connectivity index (χ1) is 8.40. The third-order valence-corrected chi connectivity index (χ3v) is 3.39. The predicted molar refractivity (Wildman–Crippen MR) is 71.4 cm³/mol. The lowest BCUT2D eigenvalue weighted by Gasteiger charge is -2.19. The third-order valence-electron chi connectivity index (χ3n) is 3.39. The summed E-state index contributed by atoms with van der Waals surface area (Å²) in [6.07, 6.45) is 9.46. The van der Waals surface area contributed by atoms with Gasteiger partial charge in [-0.15, -0.1) is 0 Å². The van der Waals surface area contributed by atoms with E-state index in [9.17, 15) is 0 Å². The van der Waals surface area contributed by atoms with Gasteiger partial charge in [-0.25, -0.2) is 0 Å². The third kappa shape index (κ3) is 3.58. The Hall–Kier alpha value is -1.31. The van der Waals surface area contributed by atoms with Crippen LogP contribution in [0.4, 0.5) is 0 Å². The highest BCUT2D eigenvalue weighted by Gasteiger charge is 2.13. The number of oxime groups is 1. The van der Waals surface area contributed by atoms with Gasteiger partial charge in [0.05, 0.1) is 6.21 Å². The first-order valence-corrected chi connectivity index (χ1v) is 6.67. The Balaban J connectivity index is 1.90. The van der Waals surface area contributed by atoms with Crippen LogP contribution in [0.1, 0.15) is 50.2 Å². The molecule has 1 saturated carbocycles. The standard InChI is InChI=1S/C15H21NO/c1-2-13-8-6-7-9-14(13)12-16-17-15-10-4-3-5-11-15/h6-9,12,15H,2-5,10-11H2,1H3. The molecule has 1 fully saturated rings. The lowest BCUT2D eigenvalue weighted by molar-refractivity contribution is 0.0340. The van der Waals surface area contributed by atoms with E-state index in [1.165, 1.54) is 30.4 Å². The van der Waals surface area contributed by atoms with Crippen molar-refractivity contribution >= 4 is 6.21 Å². The molecular formula is C15H21NO. The average molecular weight is 231 g/mol. The van der Waals surface area contributed by atoms with Crippen LogP contribution in [0.25, 0.3) is 0 Å². The van der Waals surface area contributed by atoms with Gasteiger partial charge < -0.3 is 4.84 Å². The maximum absolute atomic E-state index is 5.56. The van der Waals surface area contributed by atoms with Gasteiger partial charge in [0.15, 0.2) is 0 Å². The molecule has 0 heterocycles. The molecule has 2 heteroatoms. The minimum absolute atomic E-state index is 0.341. The summed E-state index contributed by atoms with van der Waals surface area (Å²) in [5, 5.41) is 4.15. The van der Waals surface area contributed by atoms with E-state index >= 15 is 0 Å². The fraction of sp³-hybridized carbons (Fsp3) is 0.533. The van der Waals surface area contributed by atoms with Crippen molar-refractivity contribution in [3.63, 3.8) is 0 Å². The summed E-state index contributed by atoms with van der Waals surface area (Å²) >= 11 is 0. The quantitative estimate of drug-likeness (QED) is 0.568. The molecule has 2 rings (SSSR count). The fourth-order valence-electron chi connectivity index (χ4n) is 2.33. The summed E-state index contributed by atoms with van der Waals surface area (Å²) in [6.45, 7) is 2.16. The highest BCUT2D eigenvalue weighted by atomic mass is 16.6. The van der Waals surface area contributed by atoms with Gasteiger partial charge in [0.2, 0.25) is 0 Å². The SMILES string of the molecule is CCc1ccccc1C=NOC1CCCCC1. The second kappa shape index (κ2) is 6.43. The Morgan fingerprint density at radius 2 is 2.00 bits per heavy atom. The minimum atomic E-state index is 0.341. The summed E-state index contributed by atoms with van der Waals surface area (Å²) in [6, 6.07) is 8.34. The predicted octanol–water partition coefficient (Wildman–Crippen LogP) is 3.93. The van der Waals surface area contributed by atoms with Crippen molar-refractivity contribution < 1.29 is 4.84 Å². The zero-order valence-electron chi connectivity index (χ0n) is 10.6. The monoisotopic (exact) mass is 231 g/mol. The van der Waals surface area contributed by atoms with Crippen LogP contribution in [0.5, 0.6) is 0 Å². The number of benzene rings is 1. The number of nitrogens with zero attached hydrogens (tertiary/aromatic N) is 1. The summed E-state index contributed by atoms with van der Waals surface area (Å²) < 4.78 is 0. The van der Waals surface area contributed by atoms with Crippen LogP contribution in [-0.2, 0) is 11.3 Å². The fourth-order valence-corrected chi connectivity index (χ4v) is 2.33. The van der Waals surface area contributed by atoms with E-state index in [0.717, 1.165) is 19.3 Å². The highest BCUT2D eigenvalue weighted by molar-refractivity contribution is 5.81. The molecule has 0 atom stereocenters. The van der Waals surface area contributed by atoms with Gasteiger partial charge in [0.1, 0.15) is 6.10 Å². The molecule has 1 aliphatic carbocycles. The number of hydrogen-bond acceptors (Lipinski definition) is 2. The lowest BCUT2D eigenvalue weighted by atomic mass is 9.98. The van der Waals surface area contributed by atoms with Crippen LogP contribution >= 0.6 is 0 Å². The first kappa shape index (κ1) is 12.2. The van der Waals surface area contributed by atoms with E-state index in [-0.39, 0.29) is 0 Å². The Labute approximate surface area is 104 Å². The molecule has 0 saturated heterocycles. The van der Waals surface area contributed by atoms with Crippen LogP contribution in [0.2, 0.25) is 0 Å². The summed E-state index contributed by atoms with van der Waals surface area (Å²) in [5.41, 5.74) is 2.49. The zero-order chi connectivity index (χ0) is 11.9. The van der Waals surface area contributed by atoms with E-state index in [1.54, 1.807) is 0 Å². The molecule has 92 valence electrons. The van der Waals surface area contributed by atoms with Crippen molar-refractivity contribution in [3.05, 3.63) is 35.4 Å². The smallest absolute Gasteiger partial charge is 0.127 e. The van der Waals surface area contributed by atoms with E-state index in [1.807, 2.05) is 12.3 Å². The molecule has 0 spiro atoms. The number of rotatable bonds is 4. The Kier molecular flexibility index (Phi) is 4.60. The van der Waals surface area contributed by atoms with Gasteiger partial charge in [0, 0.05) is 0 Å². The minimum Gasteiger partial charge on any atom is -0.393 e. The first-order valence-electron chi connectivity index (χ1n) is 6.67. The Bertz CT molecular complexity index is 367. The van der Waals surface area contributed by atoms with Gasteiger partial charge in [0.25, 0.3) is 0 Å². The summed E-state index contributed by atoms with van der Waals surface area (Å²) in [4.78, 5) is 5.56. The molecule has 0 amide bonds. The van der Waals surface area contributed by atoms with Crippen molar-refractivity contribution in [3.8, 4) is 0 Å². The van der Waals surface area contributed by atoms with Crippen LogP contribution in [0, 0.1) is 0 Å². The van der Waals surface area contributed by atoms with Crippen LogP contribution < -0.4 is 0 Å². The van der Waals surface area contributed by atoms with Crippen molar-refractivity contribution in [2.75, 3.05) is 0 Å². The van der Waals surface area contributed by atoms with Crippen molar-refractivity contribution in [2.24, 2.45) is 5.16 Å². The number of aryl methyl sites for hydroxylation is 1. The summed E-state index contributed by atoms with van der Waals surface area (Å²) in [5.74, 6) is 0. The zero-order valence-corrected chi connectivity index (χ0v) is 10.6. The second-order valence-corrected chi connectivity index (χ2v) is 4.65. The molecule has 0 aromatic heterocycles. The Morgan fingerprint density at radius 3 is 2.76 bits per heavy atom. The largest absolute Gasteiger partial charge is 0.393 e. The van der Waals surface area contributed by atoms with Gasteiger partial charge in [-0.2, -0.15) is 0 Å². The maximum Gasteiger partial charge on any atom is 0.127 e. The molecule has 0 unspecified atom stereocenters. The average Bonchev–Trinajstić information content (AvgIpc) is 2.40. The van der Waals surface area contributed by atoms with E-state index < -0.39 is 0 Å². The van der Waals surface area contributed by atoms with Crippen LogP contribution in [0.3, 0.4) is 0 Å². The van der Waals surface area contributed by atoms with Gasteiger partial charge in [-0.05, 0) is 43.2 Å². The van der Waals surface area contributed by atoms with Gasteiger partial charge in [-0.3, -0.25) is 0 Å². The van der Waals surface area contributed by atoms with Gasteiger partial charge >= 0.3 is 0 Å². The molecule has 1 aromatic rings. The Morgan fingerprint density at radius 1 is 1.24 bits per heavy atom. The van der Waals surface area contributed by atoms with Crippen LogP contribution in [0.15, 0.2) is 29.4 Å². The topological polar surface area (TPSA) is 21.6 Å². The molecule has 17 heavy (non-hydrogen) atoms. The molecule has 0 N–H and O–H groups in total. The molecule has 2 nitrogen and oxygen atoms in total. The van der Waals surface area contributed by atoms with Crippen molar-refractivity contribution in [1.82, 2.24) is 0 Å². The maximum atomic E-state index is 5.56. The van der Waals surface area contributed by atoms with Crippen molar-refractivity contribution in [1.29, 1.82) is 0 Å². The van der Waals surface area contributed by atoms with Gasteiger partial charge in [-0.1, -0.05) is 42.8 Å². The molecular weight excluding hydrogens is 210 g/mol. The lowest BCUT2D eigenvalue weighted by Crippen LogP contribution is -2.13. The number of hydrogen-bond donors (Lipinski definition) is 0. The van der Waals surface area contributed by atoms with Crippen LogP contribution in [-0.4, -0.2) is 12.3 Å². The van der Waals surface area contributed by atoms with Crippen molar-refractivity contribution in [2.45, 2.75) is 51.6 Å². The molecule has 0 bridgehead atoms. The highest BCUT2D eigenvalue weighted by Crippen LogP contribution is 2.20. The van der Waals surface area contributed by atoms with E-state index in [2.05, 4.69) is 30.3 Å². The van der Waals surface area contributed by atoms with E-state index in [0.29, 0.717) is 6.10 Å². The molecule has 1 aromatic carbocycles.